The molecule has 2 nitrogen and oxygen atoms in total. The highest BCUT2D eigenvalue weighted by Gasteiger charge is 2.06. The average Bonchev–Trinajstić information content (AvgIpc) is 2.49. The number of alkyl halides is 1. The van der Waals surface area contributed by atoms with Crippen molar-refractivity contribution < 1.29 is 4.74 Å². The maximum absolute atomic E-state index is 6.04. The van der Waals surface area contributed by atoms with Gasteiger partial charge in [0.1, 0.15) is 11.3 Å². The molecule has 1 aromatic heterocycles. The fourth-order valence-corrected chi connectivity index (χ4v) is 2.53. The number of ether oxygens (including phenoxy) is 1. The van der Waals surface area contributed by atoms with E-state index in [0.29, 0.717) is 0 Å². The number of para-hydroxylation sites is 1. The first-order chi connectivity index (χ1) is 9.78. The summed E-state index contributed by atoms with van der Waals surface area (Å²) in [5, 5.41) is 1.93. The van der Waals surface area contributed by atoms with Gasteiger partial charge in [0.25, 0.3) is 0 Å². The fraction of sp³-hybridized carbons (Fsp3) is 0.118. The summed E-state index contributed by atoms with van der Waals surface area (Å²) in [4.78, 5) is 4.41. The minimum Gasteiger partial charge on any atom is -0.455 e. The fourth-order valence-electron chi connectivity index (χ4n) is 2.19. The van der Waals surface area contributed by atoms with Crippen LogP contribution < -0.4 is 4.74 Å². The molecule has 100 valence electrons. The van der Waals surface area contributed by atoms with Gasteiger partial charge in [0.2, 0.25) is 0 Å². The summed E-state index contributed by atoms with van der Waals surface area (Å²) in [6.45, 7) is 2.06. The third-order valence-corrected chi connectivity index (χ3v) is 3.86. The predicted molar refractivity (Wildman–Crippen MR) is 85.6 cm³/mol. The lowest BCUT2D eigenvalue weighted by Gasteiger charge is -2.11. The topological polar surface area (TPSA) is 22.1 Å². The molecule has 0 N–H and O–H groups in total. The lowest BCUT2D eigenvalue weighted by atomic mass is 10.1. The van der Waals surface area contributed by atoms with Crippen LogP contribution in [0.15, 0.2) is 54.7 Å². The van der Waals surface area contributed by atoms with Crippen molar-refractivity contribution in [2.75, 3.05) is 0 Å². The first-order valence-electron chi connectivity index (χ1n) is 6.45. The Balaban J connectivity index is 2.01. The molecule has 0 aliphatic carbocycles. The summed E-state index contributed by atoms with van der Waals surface area (Å²) in [6.07, 6.45) is 1.79. The number of aromatic nitrogens is 1. The Hall–Kier alpha value is -1.87. The van der Waals surface area contributed by atoms with Crippen LogP contribution in [0.25, 0.3) is 10.9 Å². The number of benzene rings is 2. The van der Waals surface area contributed by atoms with E-state index in [9.17, 15) is 0 Å². The van der Waals surface area contributed by atoms with Gasteiger partial charge in [0.15, 0.2) is 5.75 Å². The molecule has 0 saturated heterocycles. The number of pyridine rings is 1. The molecule has 3 rings (SSSR count). The lowest BCUT2D eigenvalue weighted by molar-refractivity contribution is 0.483. The van der Waals surface area contributed by atoms with Gasteiger partial charge in [-0.05, 0) is 36.2 Å². The number of nitrogens with zero attached hydrogens (tertiary/aromatic N) is 1. The number of hydrogen-bond donors (Lipinski definition) is 0. The Morgan fingerprint density at radius 1 is 1.05 bits per heavy atom. The van der Waals surface area contributed by atoms with E-state index in [4.69, 9.17) is 4.74 Å². The van der Waals surface area contributed by atoms with E-state index < -0.39 is 0 Å². The molecular formula is C17H14BrNO. The van der Waals surface area contributed by atoms with Gasteiger partial charge in [0.05, 0.1) is 0 Å². The maximum Gasteiger partial charge on any atom is 0.153 e. The van der Waals surface area contributed by atoms with Gasteiger partial charge in [-0.1, -0.05) is 46.3 Å². The molecule has 0 spiro atoms. The van der Waals surface area contributed by atoms with Crippen molar-refractivity contribution in [3.05, 3.63) is 65.9 Å². The SMILES string of the molecule is Cc1cc(CBr)ccc1Oc1cccc2cccnc12. The second kappa shape index (κ2) is 5.63. The van der Waals surface area contributed by atoms with Crippen molar-refractivity contribution in [1.29, 1.82) is 0 Å². The highest BCUT2D eigenvalue weighted by Crippen LogP contribution is 2.30. The summed E-state index contributed by atoms with van der Waals surface area (Å²) in [5.74, 6) is 1.66. The zero-order valence-electron chi connectivity index (χ0n) is 11.1. The molecule has 3 aromatic rings. The first-order valence-corrected chi connectivity index (χ1v) is 7.57. The first kappa shape index (κ1) is 13.1. The van der Waals surface area contributed by atoms with Crippen LogP contribution >= 0.6 is 15.9 Å². The molecule has 2 aromatic carbocycles. The molecule has 3 heteroatoms. The van der Waals surface area contributed by atoms with Crippen LogP contribution in [0.3, 0.4) is 0 Å². The molecule has 0 aliphatic heterocycles. The van der Waals surface area contributed by atoms with Crippen molar-refractivity contribution in [3.63, 3.8) is 0 Å². The van der Waals surface area contributed by atoms with Gasteiger partial charge in [-0.3, -0.25) is 4.98 Å². The molecule has 0 atom stereocenters. The number of aryl methyl sites for hydroxylation is 1. The Labute approximate surface area is 126 Å². The standard InChI is InChI=1S/C17H14BrNO/c1-12-10-13(11-18)7-8-15(12)20-16-6-2-4-14-5-3-9-19-17(14)16/h2-10H,11H2,1H3. The highest BCUT2D eigenvalue weighted by molar-refractivity contribution is 9.08. The van der Waals surface area contributed by atoms with Crippen LogP contribution in [0.2, 0.25) is 0 Å². The van der Waals surface area contributed by atoms with Gasteiger partial charge in [-0.25, -0.2) is 0 Å². The van der Waals surface area contributed by atoms with Crippen molar-refractivity contribution >= 4 is 26.8 Å². The average molecular weight is 328 g/mol. The molecule has 0 amide bonds. The van der Waals surface area contributed by atoms with E-state index in [1.807, 2.05) is 36.4 Å². The highest BCUT2D eigenvalue weighted by atomic mass is 79.9. The molecule has 0 radical (unpaired) electrons. The summed E-state index contributed by atoms with van der Waals surface area (Å²) in [6, 6.07) is 16.1. The summed E-state index contributed by atoms with van der Waals surface area (Å²) >= 11 is 3.46. The Bertz CT molecular complexity index is 750. The second-order valence-electron chi connectivity index (χ2n) is 4.67. The monoisotopic (exact) mass is 327 g/mol. The van der Waals surface area contributed by atoms with Gasteiger partial charge < -0.3 is 4.74 Å². The minimum absolute atomic E-state index is 0.790. The van der Waals surface area contributed by atoms with Gasteiger partial charge >= 0.3 is 0 Å². The molecular weight excluding hydrogens is 314 g/mol. The largest absolute Gasteiger partial charge is 0.455 e. The van der Waals surface area contributed by atoms with Crippen molar-refractivity contribution in [2.45, 2.75) is 12.3 Å². The number of rotatable bonds is 3. The Morgan fingerprint density at radius 3 is 2.70 bits per heavy atom. The van der Waals surface area contributed by atoms with E-state index in [-0.39, 0.29) is 0 Å². The zero-order valence-corrected chi connectivity index (χ0v) is 12.7. The quantitative estimate of drug-likeness (QED) is 0.614. The van der Waals surface area contributed by atoms with Crippen LogP contribution in [-0.2, 0) is 5.33 Å². The van der Waals surface area contributed by atoms with E-state index in [1.54, 1.807) is 6.20 Å². The third-order valence-electron chi connectivity index (χ3n) is 3.21. The molecule has 1 heterocycles. The van der Waals surface area contributed by atoms with Crippen molar-refractivity contribution in [1.82, 2.24) is 4.98 Å². The maximum atomic E-state index is 6.04. The molecule has 0 fully saturated rings. The van der Waals surface area contributed by atoms with E-state index in [1.165, 1.54) is 5.56 Å². The van der Waals surface area contributed by atoms with Crippen LogP contribution in [-0.4, -0.2) is 4.98 Å². The van der Waals surface area contributed by atoms with Crippen LogP contribution in [0.4, 0.5) is 0 Å². The van der Waals surface area contributed by atoms with Crippen molar-refractivity contribution in [2.24, 2.45) is 0 Å². The number of halogens is 1. The third kappa shape index (κ3) is 2.54. The number of fused-ring (bicyclic) bond motifs is 1. The Kier molecular flexibility index (Phi) is 3.70. The van der Waals surface area contributed by atoms with Crippen LogP contribution in [0, 0.1) is 6.92 Å². The van der Waals surface area contributed by atoms with Gasteiger partial charge in [-0.2, -0.15) is 0 Å². The second-order valence-corrected chi connectivity index (χ2v) is 5.23. The molecule has 0 saturated carbocycles. The Morgan fingerprint density at radius 2 is 1.90 bits per heavy atom. The summed E-state index contributed by atoms with van der Waals surface area (Å²) in [5.41, 5.74) is 3.25. The normalized spacial score (nSPS) is 10.7. The van der Waals surface area contributed by atoms with E-state index in [0.717, 1.165) is 33.3 Å². The minimum atomic E-state index is 0.790. The molecule has 20 heavy (non-hydrogen) atoms. The van der Waals surface area contributed by atoms with E-state index >= 15 is 0 Å². The van der Waals surface area contributed by atoms with Crippen molar-refractivity contribution in [3.8, 4) is 11.5 Å². The molecule has 0 bridgehead atoms. The molecule has 0 aliphatic rings. The summed E-state index contributed by atoms with van der Waals surface area (Å²) in [7, 11) is 0. The number of hydrogen-bond acceptors (Lipinski definition) is 2. The lowest BCUT2D eigenvalue weighted by Crippen LogP contribution is -1.91. The van der Waals surface area contributed by atoms with Gasteiger partial charge in [0, 0.05) is 16.9 Å². The summed E-state index contributed by atoms with van der Waals surface area (Å²) < 4.78 is 6.04. The van der Waals surface area contributed by atoms with E-state index in [2.05, 4.69) is 40.0 Å². The smallest absolute Gasteiger partial charge is 0.153 e. The van der Waals surface area contributed by atoms with Gasteiger partial charge in [-0.15, -0.1) is 0 Å². The van der Waals surface area contributed by atoms with Crippen LogP contribution in [0.1, 0.15) is 11.1 Å². The predicted octanol–water partition coefficient (Wildman–Crippen LogP) is 5.23. The van der Waals surface area contributed by atoms with Crippen LogP contribution in [0.5, 0.6) is 11.5 Å². The molecule has 0 unspecified atom stereocenters. The zero-order chi connectivity index (χ0) is 13.9.